The second-order valence-corrected chi connectivity index (χ2v) is 9.78. The number of ketones is 1. The van der Waals surface area contributed by atoms with E-state index in [1.165, 1.54) is 4.90 Å². The van der Waals surface area contributed by atoms with Crippen LogP contribution in [0.5, 0.6) is 11.5 Å². The molecule has 1 fully saturated rings. The van der Waals surface area contributed by atoms with Crippen molar-refractivity contribution in [1.82, 2.24) is 4.90 Å². The summed E-state index contributed by atoms with van der Waals surface area (Å²) in [6, 6.07) is 31.4. The van der Waals surface area contributed by atoms with Gasteiger partial charge in [0.2, 0.25) is 0 Å². The highest BCUT2D eigenvalue weighted by atomic mass is 16.5. The maximum Gasteiger partial charge on any atom is 0.295 e. The summed E-state index contributed by atoms with van der Waals surface area (Å²) < 4.78 is 11.7. The zero-order valence-corrected chi connectivity index (χ0v) is 22.5. The molecule has 1 saturated heterocycles. The first-order chi connectivity index (χ1) is 19.5. The van der Waals surface area contributed by atoms with Gasteiger partial charge in [0.15, 0.2) is 11.5 Å². The summed E-state index contributed by atoms with van der Waals surface area (Å²) >= 11 is 0. The Morgan fingerprint density at radius 3 is 2.12 bits per heavy atom. The maximum atomic E-state index is 13.4. The van der Waals surface area contributed by atoms with Crippen LogP contribution in [0.25, 0.3) is 5.76 Å². The number of methoxy groups -OCH3 is 1. The fourth-order valence-electron chi connectivity index (χ4n) is 4.93. The van der Waals surface area contributed by atoms with Crippen molar-refractivity contribution < 1.29 is 24.2 Å². The summed E-state index contributed by atoms with van der Waals surface area (Å²) in [6.07, 6.45) is 0.560. The van der Waals surface area contributed by atoms with Gasteiger partial charge in [-0.25, -0.2) is 0 Å². The molecule has 0 radical (unpaired) electrons. The van der Waals surface area contributed by atoms with Gasteiger partial charge >= 0.3 is 0 Å². The largest absolute Gasteiger partial charge is 0.507 e. The predicted octanol–water partition coefficient (Wildman–Crippen LogP) is 6.25. The molecule has 1 heterocycles. The predicted molar refractivity (Wildman–Crippen MR) is 154 cm³/mol. The minimum atomic E-state index is -0.790. The number of amides is 1. The number of ether oxygens (including phenoxy) is 2. The van der Waals surface area contributed by atoms with Crippen LogP contribution in [0, 0.1) is 6.92 Å². The summed E-state index contributed by atoms with van der Waals surface area (Å²) in [5.41, 5.74) is 4.26. The lowest BCUT2D eigenvalue weighted by Gasteiger charge is -2.26. The van der Waals surface area contributed by atoms with Crippen molar-refractivity contribution in [2.75, 3.05) is 13.7 Å². The van der Waals surface area contributed by atoms with E-state index in [4.69, 9.17) is 9.47 Å². The number of rotatable bonds is 9. The fraction of sp³-hybridized carbons (Fsp3) is 0.176. The number of hydrogen-bond donors (Lipinski definition) is 1. The normalized spacial score (nSPS) is 16.2. The Morgan fingerprint density at radius 1 is 0.825 bits per heavy atom. The molecule has 1 atom stereocenters. The molecular weight excluding hydrogens is 502 g/mol. The van der Waals surface area contributed by atoms with Crippen LogP contribution in [0.3, 0.4) is 0 Å². The van der Waals surface area contributed by atoms with Crippen molar-refractivity contribution in [1.29, 1.82) is 0 Å². The van der Waals surface area contributed by atoms with Gasteiger partial charge in [-0.2, -0.15) is 0 Å². The number of Topliss-reactive ketones (excluding diaryl/α,β-unsaturated/α-hetero) is 1. The molecule has 40 heavy (non-hydrogen) atoms. The number of aryl methyl sites for hydroxylation is 1. The Kier molecular flexibility index (Phi) is 7.97. The highest BCUT2D eigenvalue weighted by Gasteiger charge is 2.46. The zero-order valence-electron chi connectivity index (χ0n) is 22.5. The van der Waals surface area contributed by atoms with Crippen molar-refractivity contribution in [3.8, 4) is 11.5 Å². The van der Waals surface area contributed by atoms with Gasteiger partial charge in [-0.3, -0.25) is 9.59 Å². The van der Waals surface area contributed by atoms with Gasteiger partial charge in [0.1, 0.15) is 12.4 Å². The fourth-order valence-corrected chi connectivity index (χ4v) is 4.93. The van der Waals surface area contributed by atoms with E-state index in [0.717, 1.165) is 16.7 Å². The molecule has 5 rings (SSSR count). The monoisotopic (exact) mass is 533 g/mol. The van der Waals surface area contributed by atoms with E-state index in [1.807, 2.05) is 85.8 Å². The third kappa shape index (κ3) is 5.61. The van der Waals surface area contributed by atoms with Crippen molar-refractivity contribution in [2.45, 2.75) is 26.0 Å². The van der Waals surface area contributed by atoms with Crippen LogP contribution in [0.15, 0.2) is 109 Å². The van der Waals surface area contributed by atoms with Gasteiger partial charge in [-0.05, 0) is 42.2 Å². The molecule has 6 heteroatoms. The SMILES string of the molecule is COc1cc(C2/C(=C(\O)c3ccc(C)cc3)C(=O)C(=O)N2CCc2ccccc2)ccc1OCc1ccccc1. The molecule has 1 aliphatic heterocycles. The summed E-state index contributed by atoms with van der Waals surface area (Å²) in [5.74, 6) is -0.543. The lowest BCUT2D eigenvalue weighted by Crippen LogP contribution is -2.31. The van der Waals surface area contributed by atoms with Crippen LogP contribution < -0.4 is 9.47 Å². The molecule has 1 amide bonds. The molecule has 1 aliphatic rings. The first-order valence-corrected chi connectivity index (χ1v) is 13.2. The topological polar surface area (TPSA) is 76.1 Å². The molecule has 0 bridgehead atoms. The number of benzene rings is 4. The van der Waals surface area contributed by atoms with Gasteiger partial charge in [-0.1, -0.05) is 96.6 Å². The molecular formula is C34H31NO5. The van der Waals surface area contributed by atoms with Gasteiger partial charge in [0, 0.05) is 12.1 Å². The van der Waals surface area contributed by atoms with E-state index in [2.05, 4.69) is 0 Å². The standard InChI is InChI=1S/C34H31NO5/c1-23-13-15-26(16-14-23)32(36)30-31(35(34(38)33(30)37)20-19-24-9-5-3-6-10-24)27-17-18-28(29(21-27)39-2)40-22-25-11-7-4-8-12-25/h3-18,21,31,36H,19-20,22H2,1-2H3/b32-30+. The number of hydrogen-bond acceptors (Lipinski definition) is 5. The molecule has 4 aromatic carbocycles. The number of carbonyl (C=O) groups excluding carboxylic acids is 2. The molecule has 202 valence electrons. The van der Waals surface area contributed by atoms with Crippen LogP contribution >= 0.6 is 0 Å². The maximum absolute atomic E-state index is 13.4. The average molecular weight is 534 g/mol. The van der Waals surface area contributed by atoms with Gasteiger partial charge in [0.25, 0.3) is 11.7 Å². The molecule has 0 aliphatic carbocycles. The van der Waals surface area contributed by atoms with Crippen LogP contribution in [0.2, 0.25) is 0 Å². The molecule has 0 spiro atoms. The van der Waals surface area contributed by atoms with E-state index in [9.17, 15) is 14.7 Å². The van der Waals surface area contributed by atoms with Crippen LogP contribution in [0.4, 0.5) is 0 Å². The van der Waals surface area contributed by atoms with Gasteiger partial charge < -0.3 is 19.5 Å². The van der Waals surface area contributed by atoms with Crippen LogP contribution in [0.1, 0.15) is 33.9 Å². The number of likely N-dealkylation sites (tertiary alicyclic amines) is 1. The van der Waals surface area contributed by atoms with E-state index in [-0.39, 0.29) is 11.3 Å². The number of aliphatic hydroxyl groups excluding tert-OH is 1. The minimum absolute atomic E-state index is 0.0573. The van der Waals surface area contributed by atoms with Crippen molar-refractivity contribution in [2.24, 2.45) is 0 Å². The van der Waals surface area contributed by atoms with Crippen LogP contribution in [-0.4, -0.2) is 35.4 Å². The second kappa shape index (κ2) is 11.9. The molecule has 1 unspecified atom stereocenters. The zero-order chi connectivity index (χ0) is 28.1. The molecule has 0 saturated carbocycles. The average Bonchev–Trinajstić information content (AvgIpc) is 3.25. The van der Waals surface area contributed by atoms with E-state index >= 15 is 0 Å². The lowest BCUT2D eigenvalue weighted by atomic mass is 9.94. The first kappa shape index (κ1) is 26.8. The highest BCUT2D eigenvalue weighted by Crippen LogP contribution is 2.42. The first-order valence-electron chi connectivity index (χ1n) is 13.2. The Labute approximate surface area is 234 Å². The lowest BCUT2D eigenvalue weighted by molar-refractivity contribution is -0.139. The molecule has 4 aromatic rings. The minimum Gasteiger partial charge on any atom is -0.507 e. The molecule has 6 nitrogen and oxygen atoms in total. The number of carbonyl (C=O) groups is 2. The smallest absolute Gasteiger partial charge is 0.295 e. The third-order valence-corrected chi connectivity index (χ3v) is 7.09. The van der Waals surface area contributed by atoms with Crippen molar-refractivity contribution in [3.63, 3.8) is 0 Å². The van der Waals surface area contributed by atoms with Crippen molar-refractivity contribution >= 4 is 17.4 Å². The third-order valence-electron chi connectivity index (χ3n) is 7.09. The Balaban J connectivity index is 1.53. The van der Waals surface area contributed by atoms with E-state index in [0.29, 0.717) is 42.2 Å². The summed E-state index contributed by atoms with van der Waals surface area (Å²) in [5, 5.41) is 11.3. The van der Waals surface area contributed by atoms with E-state index in [1.54, 1.807) is 31.4 Å². The number of nitrogens with zero attached hydrogens (tertiary/aromatic N) is 1. The molecule has 0 aromatic heterocycles. The Bertz CT molecular complexity index is 1530. The second-order valence-electron chi connectivity index (χ2n) is 9.78. The van der Waals surface area contributed by atoms with Crippen LogP contribution in [-0.2, 0) is 22.6 Å². The highest BCUT2D eigenvalue weighted by molar-refractivity contribution is 6.46. The Hall–Kier alpha value is -4.84. The van der Waals surface area contributed by atoms with Crippen molar-refractivity contribution in [3.05, 3.63) is 137 Å². The summed E-state index contributed by atoms with van der Waals surface area (Å²) in [4.78, 5) is 28.3. The summed E-state index contributed by atoms with van der Waals surface area (Å²) in [7, 11) is 1.55. The molecule has 1 N–H and O–H groups in total. The summed E-state index contributed by atoms with van der Waals surface area (Å²) in [6.45, 7) is 2.61. The number of aliphatic hydroxyl groups is 1. The van der Waals surface area contributed by atoms with E-state index < -0.39 is 17.7 Å². The quantitative estimate of drug-likeness (QED) is 0.156. The van der Waals surface area contributed by atoms with Gasteiger partial charge in [0.05, 0.1) is 18.7 Å². The Morgan fingerprint density at radius 2 is 1.48 bits per heavy atom. The van der Waals surface area contributed by atoms with Gasteiger partial charge in [-0.15, -0.1) is 0 Å².